The highest BCUT2D eigenvalue weighted by Crippen LogP contribution is 2.42. The van der Waals surface area contributed by atoms with Crippen molar-refractivity contribution in [3.8, 4) is 0 Å². The lowest BCUT2D eigenvalue weighted by molar-refractivity contribution is -0.141. The van der Waals surface area contributed by atoms with Crippen LogP contribution in [0.5, 0.6) is 0 Å². The standard InChI is InChI=1S/C20H24F3N7O/c1-13-10-14(2)30(25-13)12-28-9-6-16(26-28)19(31)24-7-3-8-29-17(15-4-5-15)11-18(27-29)20(21,22)23/h6,9-11,15H,3-5,7-8,12H2,1-2H3,(H,24,31). The molecule has 3 aromatic rings. The molecule has 166 valence electrons. The van der Waals surface area contributed by atoms with Crippen molar-refractivity contribution in [1.82, 2.24) is 34.7 Å². The Bertz CT molecular complexity index is 1080. The average molecular weight is 435 g/mol. The second kappa shape index (κ2) is 8.20. The molecule has 1 amide bonds. The summed E-state index contributed by atoms with van der Waals surface area (Å²) in [5.41, 5.74) is 1.95. The van der Waals surface area contributed by atoms with Crippen LogP contribution in [0.4, 0.5) is 13.2 Å². The van der Waals surface area contributed by atoms with E-state index in [0.717, 1.165) is 30.3 Å². The molecule has 3 heterocycles. The highest BCUT2D eigenvalue weighted by molar-refractivity contribution is 5.92. The summed E-state index contributed by atoms with van der Waals surface area (Å²) in [5, 5.41) is 15.1. The van der Waals surface area contributed by atoms with Gasteiger partial charge >= 0.3 is 6.18 Å². The van der Waals surface area contributed by atoms with E-state index >= 15 is 0 Å². The average Bonchev–Trinajstić information content (AvgIpc) is 3.12. The molecule has 3 aromatic heterocycles. The maximum atomic E-state index is 13.0. The number of halogens is 3. The van der Waals surface area contributed by atoms with E-state index in [1.807, 2.05) is 19.9 Å². The van der Waals surface area contributed by atoms with Crippen molar-refractivity contribution in [3.63, 3.8) is 0 Å². The minimum Gasteiger partial charge on any atom is -0.351 e. The number of nitrogens with zero attached hydrogens (tertiary/aromatic N) is 6. The van der Waals surface area contributed by atoms with Crippen LogP contribution in [0.25, 0.3) is 0 Å². The highest BCUT2D eigenvalue weighted by Gasteiger charge is 2.37. The van der Waals surface area contributed by atoms with Gasteiger partial charge in [0.25, 0.3) is 5.91 Å². The second-order valence-electron chi connectivity index (χ2n) is 7.87. The SMILES string of the molecule is Cc1cc(C)n(Cn2ccc(C(=O)NCCCn3nc(C(F)(F)F)cc3C3CC3)n2)n1. The molecular weight excluding hydrogens is 411 g/mol. The third-order valence-electron chi connectivity index (χ3n) is 5.18. The lowest BCUT2D eigenvalue weighted by atomic mass is 10.2. The molecule has 0 aromatic carbocycles. The van der Waals surface area contributed by atoms with E-state index in [1.165, 1.54) is 4.68 Å². The van der Waals surface area contributed by atoms with E-state index in [2.05, 4.69) is 20.6 Å². The first-order valence-electron chi connectivity index (χ1n) is 10.2. The predicted octanol–water partition coefficient (Wildman–Crippen LogP) is 3.12. The molecule has 0 aliphatic heterocycles. The van der Waals surface area contributed by atoms with Crippen molar-refractivity contribution in [3.05, 3.63) is 52.9 Å². The maximum Gasteiger partial charge on any atom is 0.435 e. The first-order chi connectivity index (χ1) is 14.7. The third kappa shape index (κ3) is 4.97. The van der Waals surface area contributed by atoms with Crippen molar-refractivity contribution >= 4 is 5.91 Å². The van der Waals surface area contributed by atoms with Crippen molar-refractivity contribution in [1.29, 1.82) is 0 Å². The first-order valence-corrected chi connectivity index (χ1v) is 10.2. The Labute approximate surface area is 177 Å². The molecule has 0 saturated heterocycles. The van der Waals surface area contributed by atoms with Crippen LogP contribution in [0.3, 0.4) is 0 Å². The number of aryl methyl sites for hydroxylation is 3. The maximum absolute atomic E-state index is 13.0. The normalized spacial score (nSPS) is 14.2. The zero-order valence-electron chi connectivity index (χ0n) is 17.4. The lowest BCUT2D eigenvalue weighted by Gasteiger charge is -2.07. The molecular formula is C20H24F3N7O. The molecule has 0 unspecified atom stereocenters. The second-order valence-corrected chi connectivity index (χ2v) is 7.87. The zero-order chi connectivity index (χ0) is 22.2. The fourth-order valence-electron chi connectivity index (χ4n) is 3.49. The van der Waals surface area contributed by atoms with Crippen LogP contribution in [0.2, 0.25) is 0 Å². The van der Waals surface area contributed by atoms with E-state index in [-0.39, 0.29) is 17.5 Å². The summed E-state index contributed by atoms with van der Waals surface area (Å²) >= 11 is 0. The quantitative estimate of drug-likeness (QED) is 0.551. The monoisotopic (exact) mass is 435 g/mol. The number of amides is 1. The summed E-state index contributed by atoms with van der Waals surface area (Å²) in [7, 11) is 0. The zero-order valence-corrected chi connectivity index (χ0v) is 17.4. The number of nitrogens with one attached hydrogen (secondary N) is 1. The molecule has 1 saturated carbocycles. The van der Waals surface area contributed by atoms with Gasteiger partial charge in [0.1, 0.15) is 12.4 Å². The number of hydrogen-bond acceptors (Lipinski definition) is 4. The molecule has 11 heteroatoms. The van der Waals surface area contributed by atoms with Gasteiger partial charge in [-0.3, -0.25) is 14.2 Å². The highest BCUT2D eigenvalue weighted by atomic mass is 19.4. The molecule has 0 spiro atoms. The summed E-state index contributed by atoms with van der Waals surface area (Å²) in [6.07, 6.45) is -0.498. The Hall–Kier alpha value is -3.11. The van der Waals surface area contributed by atoms with Crippen LogP contribution < -0.4 is 5.32 Å². The van der Waals surface area contributed by atoms with Gasteiger partial charge < -0.3 is 5.32 Å². The largest absolute Gasteiger partial charge is 0.435 e. The summed E-state index contributed by atoms with van der Waals surface area (Å²) in [5.74, 6) is -0.171. The van der Waals surface area contributed by atoms with Crippen LogP contribution >= 0.6 is 0 Å². The Balaban J connectivity index is 1.29. The molecule has 1 fully saturated rings. The Morgan fingerprint density at radius 3 is 2.58 bits per heavy atom. The van der Waals surface area contributed by atoms with Crippen LogP contribution in [0, 0.1) is 13.8 Å². The Kier molecular flexibility index (Phi) is 5.59. The number of alkyl halides is 3. The van der Waals surface area contributed by atoms with Crippen LogP contribution in [0.1, 0.15) is 58.4 Å². The number of hydrogen-bond donors (Lipinski definition) is 1. The van der Waals surface area contributed by atoms with Gasteiger partial charge in [0, 0.05) is 36.6 Å². The van der Waals surface area contributed by atoms with E-state index in [0.29, 0.717) is 31.9 Å². The Morgan fingerprint density at radius 1 is 1.16 bits per heavy atom. The van der Waals surface area contributed by atoms with Crippen LogP contribution in [-0.2, 0) is 19.4 Å². The number of carbonyl (C=O) groups is 1. The fraction of sp³-hybridized carbons (Fsp3) is 0.500. The number of rotatable bonds is 8. The molecule has 0 radical (unpaired) electrons. The summed E-state index contributed by atoms with van der Waals surface area (Å²) in [6, 6.07) is 4.73. The minimum atomic E-state index is -4.45. The van der Waals surface area contributed by atoms with Gasteiger partial charge in [0.15, 0.2) is 5.69 Å². The molecule has 1 aliphatic rings. The molecule has 0 atom stereocenters. The van der Waals surface area contributed by atoms with Gasteiger partial charge in [-0.25, -0.2) is 4.68 Å². The van der Waals surface area contributed by atoms with Gasteiger partial charge in [0.2, 0.25) is 0 Å². The topological polar surface area (TPSA) is 82.6 Å². The molecule has 0 bridgehead atoms. The van der Waals surface area contributed by atoms with E-state index in [1.54, 1.807) is 21.6 Å². The smallest absolute Gasteiger partial charge is 0.351 e. The number of aromatic nitrogens is 6. The number of carbonyl (C=O) groups excluding carboxylic acids is 1. The lowest BCUT2D eigenvalue weighted by Crippen LogP contribution is -2.26. The van der Waals surface area contributed by atoms with Crippen molar-refractivity contribution < 1.29 is 18.0 Å². The fourth-order valence-corrected chi connectivity index (χ4v) is 3.49. The van der Waals surface area contributed by atoms with Gasteiger partial charge in [-0.15, -0.1) is 0 Å². The molecule has 1 N–H and O–H groups in total. The minimum absolute atomic E-state index is 0.157. The molecule has 8 nitrogen and oxygen atoms in total. The van der Waals surface area contributed by atoms with Crippen molar-refractivity contribution in [2.24, 2.45) is 0 Å². The third-order valence-corrected chi connectivity index (χ3v) is 5.18. The molecule has 1 aliphatic carbocycles. The molecule has 31 heavy (non-hydrogen) atoms. The van der Waals surface area contributed by atoms with Crippen molar-refractivity contribution in [2.45, 2.75) is 58.4 Å². The van der Waals surface area contributed by atoms with E-state index in [9.17, 15) is 18.0 Å². The van der Waals surface area contributed by atoms with Gasteiger partial charge in [0.05, 0.1) is 5.69 Å². The first kappa shape index (κ1) is 21.1. The van der Waals surface area contributed by atoms with E-state index < -0.39 is 11.9 Å². The molecule has 4 rings (SSSR count). The predicted molar refractivity (Wildman–Crippen MR) is 105 cm³/mol. The van der Waals surface area contributed by atoms with Gasteiger partial charge in [-0.2, -0.15) is 28.5 Å². The van der Waals surface area contributed by atoms with Gasteiger partial charge in [-0.1, -0.05) is 0 Å². The van der Waals surface area contributed by atoms with Gasteiger partial charge in [-0.05, 0) is 51.3 Å². The summed E-state index contributed by atoms with van der Waals surface area (Å²) < 4.78 is 43.7. The van der Waals surface area contributed by atoms with Crippen molar-refractivity contribution in [2.75, 3.05) is 6.54 Å². The van der Waals surface area contributed by atoms with Crippen LogP contribution in [0.15, 0.2) is 24.4 Å². The van der Waals surface area contributed by atoms with Crippen LogP contribution in [-0.4, -0.2) is 41.8 Å². The Morgan fingerprint density at radius 2 is 1.94 bits per heavy atom. The summed E-state index contributed by atoms with van der Waals surface area (Å²) in [6.45, 7) is 4.88. The van der Waals surface area contributed by atoms with E-state index in [4.69, 9.17) is 0 Å². The summed E-state index contributed by atoms with van der Waals surface area (Å²) in [4.78, 5) is 12.3.